The van der Waals surface area contributed by atoms with Crippen LogP contribution in [0.2, 0.25) is 0 Å². The van der Waals surface area contributed by atoms with Crippen molar-refractivity contribution in [2.75, 3.05) is 5.75 Å². The second-order valence-electron chi connectivity index (χ2n) is 8.53. The lowest BCUT2D eigenvalue weighted by Gasteiger charge is -2.12. The van der Waals surface area contributed by atoms with Crippen molar-refractivity contribution in [1.29, 1.82) is 0 Å². The number of nitrogens with two attached hydrogens (primary N) is 1. The fourth-order valence-electron chi connectivity index (χ4n) is 4.32. The van der Waals surface area contributed by atoms with Crippen LogP contribution in [0.3, 0.4) is 0 Å². The van der Waals surface area contributed by atoms with Gasteiger partial charge in [0, 0.05) is 17.7 Å². The first kappa shape index (κ1) is 22.3. The zero-order valence-electron chi connectivity index (χ0n) is 18.2. The Kier molecular flexibility index (Phi) is 6.42. The van der Waals surface area contributed by atoms with E-state index in [1.165, 1.54) is 28.0 Å². The number of sulfonamides is 1. The van der Waals surface area contributed by atoms with Crippen molar-refractivity contribution in [3.05, 3.63) is 41.1 Å². The van der Waals surface area contributed by atoms with Crippen molar-refractivity contribution >= 4 is 39.4 Å². The number of allylic oxidation sites excluding steroid dienone is 1. The van der Waals surface area contributed by atoms with Crippen LogP contribution in [0, 0.1) is 12.8 Å². The molecule has 31 heavy (non-hydrogen) atoms. The van der Waals surface area contributed by atoms with Crippen LogP contribution in [0.5, 0.6) is 0 Å². The summed E-state index contributed by atoms with van der Waals surface area (Å²) in [5, 5.41) is 6.06. The number of hydrogen-bond acceptors (Lipinski definition) is 5. The summed E-state index contributed by atoms with van der Waals surface area (Å²) in [5.41, 5.74) is 5.93. The highest BCUT2D eigenvalue weighted by Crippen LogP contribution is 2.40. The summed E-state index contributed by atoms with van der Waals surface area (Å²) in [6.45, 7) is 9.06. The zero-order chi connectivity index (χ0) is 22.2. The van der Waals surface area contributed by atoms with Gasteiger partial charge in [-0.15, -0.1) is 0 Å². The smallest absolute Gasteiger partial charge is 0.209 e. The number of rotatable bonds is 7. The number of benzene rings is 1. The first-order valence-electron chi connectivity index (χ1n) is 10.9. The Morgan fingerprint density at radius 3 is 2.74 bits per heavy atom. The Morgan fingerprint density at radius 1 is 1.29 bits per heavy atom. The molecule has 0 fully saturated rings. The molecular weight excluding hydrogens is 428 g/mol. The molecule has 2 aliphatic rings. The lowest BCUT2D eigenvalue weighted by Crippen LogP contribution is -2.17. The minimum Gasteiger partial charge on any atom is -0.303 e. The number of nitrogens with zero attached hydrogens (tertiary/aromatic N) is 3. The second-order valence-corrected chi connectivity index (χ2v) is 11.3. The summed E-state index contributed by atoms with van der Waals surface area (Å²) >= 11 is 1.63. The number of imidazole rings is 1. The Bertz CT molecular complexity index is 1150. The average Bonchev–Trinajstić information content (AvgIpc) is 3.24. The van der Waals surface area contributed by atoms with E-state index in [-0.39, 0.29) is 5.75 Å². The molecule has 0 bridgehead atoms. The van der Waals surface area contributed by atoms with E-state index in [2.05, 4.69) is 32.6 Å². The highest BCUT2D eigenvalue weighted by Gasteiger charge is 2.24. The van der Waals surface area contributed by atoms with Crippen LogP contribution in [0.1, 0.15) is 55.0 Å². The molecule has 2 aromatic rings. The minimum absolute atomic E-state index is 0.0653. The number of aromatic nitrogens is 2. The van der Waals surface area contributed by atoms with Gasteiger partial charge in [-0.05, 0) is 79.7 Å². The molecule has 1 aliphatic carbocycles. The first-order chi connectivity index (χ1) is 14.7. The molecule has 1 aromatic heterocycles. The van der Waals surface area contributed by atoms with Crippen LogP contribution >= 0.6 is 11.8 Å². The predicted molar refractivity (Wildman–Crippen MR) is 128 cm³/mol. The van der Waals surface area contributed by atoms with E-state index < -0.39 is 10.0 Å². The van der Waals surface area contributed by atoms with Crippen LogP contribution < -0.4 is 5.14 Å². The number of aliphatic imine (C=N–C) groups is 1. The molecule has 1 aromatic carbocycles. The second kappa shape index (κ2) is 8.92. The number of primary sulfonamides is 1. The standard InChI is InChI=1S/C23H30N4O2S2/c1-4-17-11-16(3)21-22(25-14-17)27(9-6-10-31(24,28)29)23(26-21)30-20-13-19-8-5-7-18(19)12-15(20)2/h12-14,17H,3-11H2,1-2H3,(H2,24,28,29). The van der Waals surface area contributed by atoms with Gasteiger partial charge in [0.1, 0.15) is 5.69 Å². The van der Waals surface area contributed by atoms with Crippen molar-refractivity contribution in [1.82, 2.24) is 9.55 Å². The highest BCUT2D eigenvalue weighted by molar-refractivity contribution is 7.99. The molecule has 6 nitrogen and oxygen atoms in total. The van der Waals surface area contributed by atoms with Crippen molar-refractivity contribution in [2.24, 2.45) is 16.0 Å². The molecule has 1 unspecified atom stereocenters. The molecule has 0 saturated carbocycles. The molecule has 0 radical (unpaired) electrons. The van der Waals surface area contributed by atoms with Crippen molar-refractivity contribution in [2.45, 2.75) is 69.0 Å². The summed E-state index contributed by atoms with van der Waals surface area (Å²) in [7, 11) is -3.51. The van der Waals surface area contributed by atoms with Gasteiger partial charge in [0.15, 0.2) is 11.0 Å². The molecule has 2 N–H and O–H groups in total. The summed E-state index contributed by atoms with van der Waals surface area (Å²) in [5.74, 6) is 1.05. The van der Waals surface area contributed by atoms with Gasteiger partial charge >= 0.3 is 0 Å². The topological polar surface area (TPSA) is 90.3 Å². The maximum Gasteiger partial charge on any atom is 0.209 e. The Hall–Kier alpha value is -1.90. The summed E-state index contributed by atoms with van der Waals surface area (Å²) in [6.07, 6.45) is 7.73. The third-order valence-corrected chi connectivity index (χ3v) is 8.09. The van der Waals surface area contributed by atoms with Crippen LogP contribution in [-0.2, 0) is 29.4 Å². The van der Waals surface area contributed by atoms with E-state index in [0.717, 1.165) is 47.9 Å². The van der Waals surface area contributed by atoms with Gasteiger partial charge in [-0.2, -0.15) is 0 Å². The quantitative estimate of drug-likeness (QED) is 0.653. The van der Waals surface area contributed by atoms with E-state index in [4.69, 9.17) is 15.1 Å². The van der Waals surface area contributed by atoms with Gasteiger partial charge in [0.25, 0.3) is 0 Å². The molecule has 1 aliphatic heterocycles. The summed E-state index contributed by atoms with van der Waals surface area (Å²) in [6, 6.07) is 4.59. The molecule has 0 amide bonds. The van der Waals surface area contributed by atoms with Crippen LogP contribution in [0.15, 0.2) is 33.8 Å². The zero-order valence-corrected chi connectivity index (χ0v) is 19.9. The molecule has 166 valence electrons. The number of hydrogen-bond donors (Lipinski definition) is 1. The third-order valence-electron chi connectivity index (χ3n) is 6.08. The Labute approximate surface area is 189 Å². The minimum atomic E-state index is -3.51. The average molecular weight is 459 g/mol. The predicted octanol–water partition coefficient (Wildman–Crippen LogP) is 4.66. The first-order valence-corrected chi connectivity index (χ1v) is 13.4. The maximum absolute atomic E-state index is 11.5. The molecule has 1 atom stereocenters. The van der Waals surface area contributed by atoms with E-state index in [1.807, 2.05) is 10.8 Å². The molecule has 8 heteroatoms. The van der Waals surface area contributed by atoms with Crippen molar-refractivity contribution in [3.8, 4) is 0 Å². The molecule has 0 spiro atoms. The fraction of sp³-hybridized carbons (Fsp3) is 0.478. The van der Waals surface area contributed by atoms with E-state index in [9.17, 15) is 8.42 Å². The third kappa shape index (κ3) is 4.96. The van der Waals surface area contributed by atoms with E-state index in [1.54, 1.807) is 11.8 Å². The van der Waals surface area contributed by atoms with Gasteiger partial charge in [-0.1, -0.05) is 31.3 Å². The summed E-state index contributed by atoms with van der Waals surface area (Å²) in [4.78, 5) is 10.9. The number of aryl methyl sites for hydroxylation is 3. The normalized spacial score (nSPS) is 18.2. The molecule has 0 saturated heterocycles. The van der Waals surface area contributed by atoms with Gasteiger partial charge in [0.2, 0.25) is 10.0 Å². The SMILES string of the molecule is C=C1CC(CC)C=Nc2c1nc(Sc1cc3c(cc1C)CCC3)n2CCCS(N)(=O)=O. The van der Waals surface area contributed by atoms with Gasteiger partial charge < -0.3 is 4.57 Å². The largest absolute Gasteiger partial charge is 0.303 e. The summed E-state index contributed by atoms with van der Waals surface area (Å²) < 4.78 is 25.0. The van der Waals surface area contributed by atoms with Crippen molar-refractivity contribution in [3.63, 3.8) is 0 Å². The van der Waals surface area contributed by atoms with Crippen LogP contribution in [-0.4, -0.2) is 29.9 Å². The van der Waals surface area contributed by atoms with E-state index in [0.29, 0.717) is 18.9 Å². The molecule has 4 rings (SSSR count). The van der Waals surface area contributed by atoms with Crippen molar-refractivity contribution < 1.29 is 8.42 Å². The van der Waals surface area contributed by atoms with E-state index >= 15 is 0 Å². The van der Waals surface area contributed by atoms with Gasteiger partial charge in [0.05, 0.1) is 5.75 Å². The lowest BCUT2D eigenvalue weighted by molar-refractivity contribution is 0.580. The fourth-order valence-corrected chi connectivity index (χ4v) is 5.89. The van der Waals surface area contributed by atoms with Crippen LogP contribution in [0.25, 0.3) is 5.57 Å². The Balaban J connectivity index is 1.71. The monoisotopic (exact) mass is 458 g/mol. The maximum atomic E-state index is 11.5. The van der Waals surface area contributed by atoms with Crippen LogP contribution in [0.4, 0.5) is 5.82 Å². The highest BCUT2D eigenvalue weighted by atomic mass is 32.2. The molecular formula is C23H30N4O2S2. The van der Waals surface area contributed by atoms with Gasteiger partial charge in [-0.3, -0.25) is 0 Å². The van der Waals surface area contributed by atoms with Gasteiger partial charge in [-0.25, -0.2) is 23.5 Å². The lowest BCUT2D eigenvalue weighted by atomic mass is 9.98. The molecule has 2 heterocycles. The number of fused-ring (bicyclic) bond motifs is 2. The Morgan fingerprint density at radius 2 is 2.03 bits per heavy atom.